The Morgan fingerprint density at radius 1 is 1.18 bits per heavy atom. The highest BCUT2D eigenvalue weighted by atomic mass is 35.5. The van der Waals surface area contributed by atoms with Crippen molar-refractivity contribution in [3.63, 3.8) is 0 Å². The second-order valence-corrected chi connectivity index (χ2v) is 5.07. The number of amides is 1. The van der Waals surface area contributed by atoms with E-state index in [0.717, 1.165) is 12.1 Å². The van der Waals surface area contributed by atoms with Gasteiger partial charge in [-0.15, -0.1) is 0 Å². The third-order valence-electron chi connectivity index (χ3n) is 3.08. The van der Waals surface area contributed by atoms with Crippen LogP contribution in [0.2, 0.25) is 5.15 Å². The van der Waals surface area contributed by atoms with Crippen LogP contribution in [0.25, 0.3) is 0 Å². The molecule has 1 unspecified atom stereocenters. The molecule has 0 fully saturated rings. The fourth-order valence-electron chi connectivity index (χ4n) is 1.83. The van der Waals surface area contributed by atoms with E-state index in [1.165, 1.54) is 30.5 Å². The molecule has 1 aromatic heterocycles. The Labute approximate surface area is 130 Å². The molecule has 7 heteroatoms. The van der Waals surface area contributed by atoms with Gasteiger partial charge in [0.15, 0.2) is 0 Å². The second kappa shape index (κ2) is 6.36. The van der Waals surface area contributed by atoms with Crippen molar-refractivity contribution in [1.29, 1.82) is 0 Å². The molecule has 3 nitrogen and oxygen atoms in total. The van der Waals surface area contributed by atoms with Crippen LogP contribution in [0, 0.1) is 0 Å². The van der Waals surface area contributed by atoms with Crippen molar-refractivity contribution in [3.8, 4) is 0 Å². The average molecular weight is 329 g/mol. The van der Waals surface area contributed by atoms with Gasteiger partial charge in [0.1, 0.15) is 5.15 Å². The number of hydrogen-bond donors (Lipinski definition) is 1. The van der Waals surface area contributed by atoms with Crippen LogP contribution in [-0.2, 0) is 6.18 Å². The highest BCUT2D eigenvalue weighted by Gasteiger charge is 2.30. The lowest BCUT2D eigenvalue weighted by Gasteiger charge is -2.15. The molecule has 0 saturated carbocycles. The molecule has 1 N–H and O–H groups in total. The molecule has 2 aromatic rings. The number of halogens is 4. The van der Waals surface area contributed by atoms with Gasteiger partial charge in [0.05, 0.1) is 17.2 Å². The smallest absolute Gasteiger partial charge is 0.345 e. The van der Waals surface area contributed by atoms with Crippen molar-refractivity contribution in [2.24, 2.45) is 0 Å². The summed E-state index contributed by atoms with van der Waals surface area (Å²) in [6.07, 6.45) is -3.04. The van der Waals surface area contributed by atoms with Gasteiger partial charge in [0.25, 0.3) is 5.91 Å². The zero-order chi connectivity index (χ0) is 16.3. The first-order valence-electron chi connectivity index (χ1n) is 6.37. The molecule has 2 rings (SSSR count). The third-order valence-corrected chi connectivity index (χ3v) is 3.30. The van der Waals surface area contributed by atoms with Crippen molar-refractivity contribution in [1.82, 2.24) is 10.3 Å². The first-order chi connectivity index (χ1) is 10.3. The minimum Gasteiger partial charge on any atom is -0.345 e. The molecular formula is C15H12ClF3N2O. The van der Waals surface area contributed by atoms with E-state index in [4.69, 9.17) is 11.6 Å². The number of hydrogen-bond acceptors (Lipinski definition) is 2. The number of nitrogens with one attached hydrogen (secondary N) is 1. The van der Waals surface area contributed by atoms with Crippen molar-refractivity contribution in [2.75, 3.05) is 0 Å². The summed E-state index contributed by atoms with van der Waals surface area (Å²) in [6.45, 7) is 1.68. The number of benzene rings is 1. The van der Waals surface area contributed by atoms with Crippen LogP contribution < -0.4 is 5.32 Å². The lowest BCUT2D eigenvalue weighted by Crippen LogP contribution is -2.26. The van der Waals surface area contributed by atoms with Gasteiger partial charge in [-0.05, 0) is 36.8 Å². The summed E-state index contributed by atoms with van der Waals surface area (Å²) in [5, 5.41) is 2.96. The predicted octanol–water partition coefficient (Wildman–Crippen LogP) is 4.24. The first kappa shape index (κ1) is 16.3. The van der Waals surface area contributed by atoms with Gasteiger partial charge in [0, 0.05) is 6.20 Å². The Hall–Kier alpha value is -2.08. The maximum absolute atomic E-state index is 12.5. The van der Waals surface area contributed by atoms with Crippen molar-refractivity contribution in [2.45, 2.75) is 19.1 Å². The Bertz CT molecular complexity index is 654. The average Bonchev–Trinajstić information content (AvgIpc) is 2.47. The minimum atomic E-state index is -4.38. The van der Waals surface area contributed by atoms with E-state index in [-0.39, 0.29) is 11.1 Å². The predicted molar refractivity (Wildman–Crippen MR) is 76.6 cm³/mol. The zero-order valence-electron chi connectivity index (χ0n) is 11.5. The normalized spacial score (nSPS) is 12.8. The Morgan fingerprint density at radius 2 is 1.82 bits per heavy atom. The summed E-state index contributed by atoms with van der Waals surface area (Å²) in [4.78, 5) is 15.8. The summed E-state index contributed by atoms with van der Waals surface area (Å²) in [5.41, 5.74) is 0.170. The molecule has 1 atom stereocenters. The molecule has 0 bridgehead atoms. The standard InChI is InChI=1S/C15H12ClF3N2O/c1-9(10-2-5-12(6-3-10)15(17,18)19)21-14(22)11-4-7-13(16)20-8-11/h2-9H,1H3,(H,21,22). The third kappa shape index (κ3) is 3.98. The van der Waals surface area contributed by atoms with Crippen LogP contribution in [0.5, 0.6) is 0 Å². The fraction of sp³-hybridized carbons (Fsp3) is 0.200. The van der Waals surface area contributed by atoms with Gasteiger partial charge >= 0.3 is 6.18 Å². The fourth-order valence-corrected chi connectivity index (χ4v) is 1.95. The number of carbonyl (C=O) groups is 1. The summed E-state index contributed by atoms with van der Waals surface area (Å²) >= 11 is 5.63. The Morgan fingerprint density at radius 3 is 2.32 bits per heavy atom. The number of carbonyl (C=O) groups excluding carboxylic acids is 1. The number of rotatable bonds is 3. The second-order valence-electron chi connectivity index (χ2n) is 4.68. The summed E-state index contributed by atoms with van der Waals surface area (Å²) < 4.78 is 37.5. The summed E-state index contributed by atoms with van der Waals surface area (Å²) in [5.74, 6) is -0.378. The number of aromatic nitrogens is 1. The van der Waals surface area contributed by atoms with Gasteiger partial charge in [-0.1, -0.05) is 23.7 Å². The molecule has 0 aliphatic carbocycles. The topological polar surface area (TPSA) is 42.0 Å². The van der Waals surface area contributed by atoms with E-state index in [9.17, 15) is 18.0 Å². The Balaban J connectivity index is 2.07. The molecular weight excluding hydrogens is 317 g/mol. The molecule has 0 radical (unpaired) electrons. The van der Waals surface area contributed by atoms with E-state index >= 15 is 0 Å². The minimum absolute atomic E-state index is 0.271. The van der Waals surface area contributed by atoms with E-state index in [1.54, 1.807) is 6.92 Å². The lowest BCUT2D eigenvalue weighted by molar-refractivity contribution is -0.137. The van der Waals surface area contributed by atoms with Gasteiger partial charge in [0.2, 0.25) is 0 Å². The molecule has 116 valence electrons. The zero-order valence-corrected chi connectivity index (χ0v) is 12.2. The van der Waals surface area contributed by atoms with E-state index in [1.807, 2.05) is 0 Å². The van der Waals surface area contributed by atoms with Gasteiger partial charge in [-0.2, -0.15) is 13.2 Å². The molecule has 1 heterocycles. The van der Waals surface area contributed by atoms with E-state index in [0.29, 0.717) is 11.1 Å². The van der Waals surface area contributed by atoms with Crippen LogP contribution in [0.15, 0.2) is 42.6 Å². The van der Waals surface area contributed by atoms with Crippen LogP contribution in [0.4, 0.5) is 13.2 Å². The maximum Gasteiger partial charge on any atom is 0.416 e. The first-order valence-corrected chi connectivity index (χ1v) is 6.75. The largest absolute Gasteiger partial charge is 0.416 e. The molecule has 1 amide bonds. The molecule has 0 aliphatic rings. The van der Waals surface area contributed by atoms with Crippen molar-refractivity contribution < 1.29 is 18.0 Å². The van der Waals surface area contributed by atoms with Crippen molar-refractivity contribution >= 4 is 17.5 Å². The molecule has 1 aromatic carbocycles. The van der Waals surface area contributed by atoms with Crippen molar-refractivity contribution in [3.05, 3.63) is 64.4 Å². The number of pyridine rings is 1. The van der Waals surface area contributed by atoms with Crippen LogP contribution >= 0.6 is 11.6 Å². The molecule has 0 saturated heterocycles. The summed E-state index contributed by atoms with van der Waals surface area (Å²) in [7, 11) is 0. The monoisotopic (exact) mass is 328 g/mol. The van der Waals surface area contributed by atoms with Gasteiger partial charge in [-0.3, -0.25) is 4.79 Å². The summed E-state index contributed by atoms with van der Waals surface area (Å²) in [6, 6.07) is 7.22. The molecule has 0 aliphatic heterocycles. The van der Waals surface area contributed by atoms with Crippen LogP contribution in [-0.4, -0.2) is 10.9 Å². The highest BCUT2D eigenvalue weighted by molar-refractivity contribution is 6.29. The van der Waals surface area contributed by atoms with Gasteiger partial charge < -0.3 is 5.32 Å². The molecule has 0 spiro atoms. The lowest BCUT2D eigenvalue weighted by atomic mass is 10.1. The number of alkyl halides is 3. The molecule has 22 heavy (non-hydrogen) atoms. The van der Waals surface area contributed by atoms with E-state index < -0.39 is 17.8 Å². The number of nitrogens with zero attached hydrogens (tertiary/aromatic N) is 1. The van der Waals surface area contributed by atoms with Crippen LogP contribution in [0.3, 0.4) is 0 Å². The van der Waals surface area contributed by atoms with E-state index in [2.05, 4.69) is 10.3 Å². The Kier molecular flexibility index (Phi) is 4.71. The van der Waals surface area contributed by atoms with Crippen LogP contribution in [0.1, 0.15) is 34.5 Å². The SMILES string of the molecule is CC(NC(=O)c1ccc(Cl)nc1)c1ccc(C(F)(F)F)cc1. The quantitative estimate of drug-likeness (QED) is 0.856. The highest BCUT2D eigenvalue weighted by Crippen LogP contribution is 2.29. The van der Waals surface area contributed by atoms with Gasteiger partial charge in [-0.25, -0.2) is 4.98 Å². The maximum atomic E-state index is 12.5.